The first-order chi connectivity index (χ1) is 16.9. The average Bonchev–Trinajstić information content (AvgIpc) is 3.20. The van der Waals surface area contributed by atoms with Gasteiger partial charge in [0.25, 0.3) is 11.8 Å². The predicted molar refractivity (Wildman–Crippen MR) is 146 cm³/mol. The standard InChI is InChI=1S/C27H23Cl2N3O2S/c1-17-4-2-3-5-21(17)27(34)32-14-12-31(13-15-32)20-9-7-19(8-10-20)30-26(33)25-24(29)22-11-6-18(28)16-23(22)35-25/h2-11,16H,12-15H2,1H3,(H,30,33). The monoisotopic (exact) mass is 523 g/mol. The molecule has 3 aromatic carbocycles. The molecule has 2 amide bonds. The van der Waals surface area contributed by atoms with Gasteiger partial charge in [-0.3, -0.25) is 9.59 Å². The number of nitrogens with zero attached hydrogens (tertiary/aromatic N) is 2. The first-order valence-corrected chi connectivity index (χ1v) is 12.9. The number of benzene rings is 3. The van der Waals surface area contributed by atoms with Gasteiger partial charge >= 0.3 is 0 Å². The summed E-state index contributed by atoms with van der Waals surface area (Å²) >= 11 is 13.8. The number of nitrogens with one attached hydrogen (secondary N) is 1. The minimum absolute atomic E-state index is 0.0861. The number of thiophene rings is 1. The zero-order valence-corrected chi connectivity index (χ0v) is 21.4. The Hall–Kier alpha value is -3.06. The van der Waals surface area contributed by atoms with Crippen LogP contribution in [-0.4, -0.2) is 42.9 Å². The van der Waals surface area contributed by atoms with E-state index in [1.807, 2.05) is 72.5 Å². The number of hydrogen-bond acceptors (Lipinski definition) is 4. The van der Waals surface area contributed by atoms with Crippen molar-refractivity contribution < 1.29 is 9.59 Å². The summed E-state index contributed by atoms with van der Waals surface area (Å²) in [6.07, 6.45) is 0. The van der Waals surface area contributed by atoms with Crippen LogP contribution >= 0.6 is 34.5 Å². The van der Waals surface area contributed by atoms with E-state index >= 15 is 0 Å². The fraction of sp³-hybridized carbons (Fsp3) is 0.185. The van der Waals surface area contributed by atoms with Gasteiger partial charge in [-0.05, 0) is 55.0 Å². The number of halogens is 2. The van der Waals surface area contributed by atoms with Gasteiger partial charge in [0, 0.05) is 58.2 Å². The smallest absolute Gasteiger partial charge is 0.267 e. The van der Waals surface area contributed by atoms with Crippen LogP contribution in [-0.2, 0) is 0 Å². The second-order valence-electron chi connectivity index (χ2n) is 8.48. The summed E-state index contributed by atoms with van der Waals surface area (Å²) in [7, 11) is 0. The molecule has 1 saturated heterocycles. The molecule has 1 aliphatic heterocycles. The van der Waals surface area contributed by atoms with Crippen LogP contribution in [0.15, 0.2) is 66.7 Å². The molecular formula is C27H23Cl2N3O2S. The van der Waals surface area contributed by atoms with Gasteiger partial charge in [-0.15, -0.1) is 11.3 Å². The van der Waals surface area contributed by atoms with Crippen molar-refractivity contribution in [2.45, 2.75) is 6.92 Å². The Morgan fingerprint density at radius 2 is 1.63 bits per heavy atom. The molecule has 0 aliphatic carbocycles. The maximum absolute atomic E-state index is 12.9. The molecule has 5 rings (SSSR count). The van der Waals surface area contributed by atoms with Crippen molar-refractivity contribution >= 4 is 67.8 Å². The number of carbonyl (C=O) groups is 2. The Bertz CT molecular complexity index is 1410. The predicted octanol–water partition coefficient (Wildman–Crippen LogP) is 6.73. The van der Waals surface area contributed by atoms with Crippen LogP contribution < -0.4 is 10.2 Å². The molecule has 0 atom stereocenters. The van der Waals surface area contributed by atoms with Crippen molar-refractivity contribution in [1.29, 1.82) is 0 Å². The Balaban J connectivity index is 1.21. The largest absolute Gasteiger partial charge is 0.368 e. The fourth-order valence-corrected chi connectivity index (χ4v) is 5.97. The lowest BCUT2D eigenvalue weighted by Crippen LogP contribution is -2.48. The van der Waals surface area contributed by atoms with E-state index in [4.69, 9.17) is 23.2 Å². The van der Waals surface area contributed by atoms with Crippen molar-refractivity contribution in [3.8, 4) is 0 Å². The highest BCUT2D eigenvalue weighted by atomic mass is 35.5. The highest BCUT2D eigenvalue weighted by Crippen LogP contribution is 2.37. The van der Waals surface area contributed by atoms with Crippen LogP contribution in [0.2, 0.25) is 10.0 Å². The van der Waals surface area contributed by atoms with Gasteiger partial charge in [0.2, 0.25) is 0 Å². The third kappa shape index (κ3) is 4.87. The van der Waals surface area contributed by atoms with Crippen molar-refractivity contribution in [3.63, 3.8) is 0 Å². The summed E-state index contributed by atoms with van der Waals surface area (Å²) < 4.78 is 0.878. The van der Waals surface area contributed by atoms with E-state index in [1.165, 1.54) is 11.3 Å². The lowest BCUT2D eigenvalue weighted by Gasteiger charge is -2.36. The molecule has 0 unspecified atom stereocenters. The summed E-state index contributed by atoms with van der Waals surface area (Å²) in [6, 6.07) is 20.9. The molecule has 1 aromatic heterocycles. The number of fused-ring (bicyclic) bond motifs is 1. The lowest BCUT2D eigenvalue weighted by molar-refractivity contribution is 0.0746. The normalized spacial score (nSPS) is 13.8. The van der Waals surface area contributed by atoms with Crippen LogP contribution in [0, 0.1) is 6.92 Å². The highest BCUT2D eigenvalue weighted by Gasteiger charge is 2.23. The summed E-state index contributed by atoms with van der Waals surface area (Å²) in [5.41, 5.74) is 3.51. The minimum Gasteiger partial charge on any atom is -0.368 e. The zero-order valence-electron chi connectivity index (χ0n) is 19.1. The zero-order chi connectivity index (χ0) is 24.5. The van der Waals surface area contributed by atoms with Gasteiger partial charge < -0.3 is 15.1 Å². The summed E-state index contributed by atoms with van der Waals surface area (Å²) in [4.78, 5) is 30.4. The SMILES string of the molecule is Cc1ccccc1C(=O)N1CCN(c2ccc(NC(=O)c3sc4cc(Cl)ccc4c3Cl)cc2)CC1. The van der Waals surface area contributed by atoms with Crippen molar-refractivity contribution in [2.24, 2.45) is 0 Å². The van der Waals surface area contributed by atoms with Crippen LogP contribution in [0.4, 0.5) is 11.4 Å². The van der Waals surface area contributed by atoms with Gasteiger partial charge in [0.05, 0.1) is 5.02 Å². The highest BCUT2D eigenvalue weighted by molar-refractivity contribution is 7.21. The number of amides is 2. The third-order valence-electron chi connectivity index (χ3n) is 6.23. The molecule has 8 heteroatoms. The van der Waals surface area contributed by atoms with Crippen molar-refractivity contribution in [3.05, 3.63) is 92.8 Å². The van der Waals surface area contributed by atoms with Crippen LogP contribution in [0.3, 0.4) is 0 Å². The molecule has 1 N–H and O–H groups in total. The van der Waals surface area contributed by atoms with E-state index in [0.29, 0.717) is 33.7 Å². The number of anilines is 2. The van der Waals surface area contributed by atoms with E-state index in [0.717, 1.165) is 40.0 Å². The minimum atomic E-state index is -0.247. The second-order valence-corrected chi connectivity index (χ2v) is 10.3. The number of aryl methyl sites for hydroxylation is 1. The summed E-state index contributed by atoms with van der Waals surface area (Å²) in [6.45, 7) is 4.81. The van der Waals surface area contributed by atoms with E-state index < -0.39 is 0 Å². The number of hydrogen-bond donors (Lipinski definition) is 1. The molecule has 0 spiro atoms. The Morgan fingerprint density at radius 3 is 2.34 bits per heavy atom. The Kier molecular flexibility index (Phi) is 6.69. The second kappa shape index (κ2) is 9.90. The quantitative estimate of drug-likeness (QED) is 0.322. The first kappa shape index (κ1) is 23.7. The lowest BCUT2D eigenvalue weighted by atomic mass is 10.1. The molecule has 2 heterocycles. The van der Waals surface area contributed by atoms with Gasteiger partial charge in [-0.25, -0.2) is 0 Å². The first-order valence-electron chi connectivity index (χ1n) is 11.3. The Labute approximate surface area is 217 Å². The van der Waals surface area contributed by atoms with Gasteiger partial charge in [-0.1, -0.05) is 47.5 Å². The van der Waals surface area contributed by atoms with E-state index in [-0.39, 0.29) is 11.8 Å². The number of rotatable bonds is 4. The van der Waals surface area contributed by atoms with E-state index in [9.17, 15) is 9.59 Å². The summed E-state index contributed by atoms with van der Waals surface area (Å²) in [5, 5.41) is 4.80. The van der Waals surface area contributed by atoms with Crippen LogP contribution in [0.1, 0.15) is 25.6 Å². The molecule has 5 nitrogen and oxygen atoms in total. The van der Waals surface area contributed by atoms with Crippen molar-refractivity contribution in [1.82, 2.24) is 4.90 Å². The number of piperazine rings is 1. The van der Waals surface area contributed by atoms with Crippen LogP contribution in [0.5, 0.6) is 0 Å². The summed E-state index contributed by atoms with van der Waals surface area (Å²) in [5.74, 6) is -0.161. The molecule has 0 radical (unpaired) electrons. The molecule has 0 saturated carbocycles. The molecule has 0 bridgehead atoms. The molecule has 1 aliphatic rings. The Morgan fingerprint density at radius 1 is 0.914 bits per heavy atom. The maximum Gasteiger partial charge on any atom is 0.267 e. The van der Waals surface area contributed by atoms with Gasteiger partial charge in [0.1, 0.15) is 4.88 Å². The molecule has 4 aromatic rings. The third-order valence-corrected chi connectivity index (χ3v) is 8.12. The fourth-order valence-electron chi connectivity index (χ4n) is 4.28. The van der Waals surface area contributed by atoms with Gasteiger partial charge in [-0.2, -0.15) is 0 Å². The molecular weight excluding hydrogens is 501 g/mol. The topological polar surface area (TPSA) is 52.7 Å². The average molecular weight is 524 g/mol. The molecule has 35 heavy (non-hydrogen) atoms. The molecule has 1 fully saturated rings. The van der Waals surface area contributed by atoms with Crippen molar-refractivity contribution in [2.75, 3.05) is 36.4 Å². The van der Waals surface area contributed by atoms with Crippen LogP contribution in [0.25, 0.3) is 10.1 Å². The molecule has 178 valence electrons. The number of carbonyl (C=O) groups excluding carboxylic acids is 2. The van der Waals surface area contributed by atoms with E-state index in [2.05, 4.69) is 10.2 Å². The van der Waals surface area contributed by atoms with E-state index in [1.54, 1.807) is 6.07 Å². The maximum atomic E-state index is 12.9. The van der Waals surface area contributed by atoms with Gasteiger partial charge in [0.15, 0.2) is 0 Å².